The van der Waals surface area contributed by atoms with Crippen molar-refractivity contribution < 1.29 is 23.5 Å². The maximum Gasteiger partial charge on any atom is 0.311 e. The Labute approximate surface area is 121 Å². The van der Waals surface area contributed by atoms with Gasteiger partial charge in [-0.25, -0.2) is 8.78 Å². The van der Waals surface area contributed by atoms with Crippen molar-refractivity contribution in [1.82, 2.24) is 5.32 Å². The largest absolute Gasteiger partial charge is 0.481 e. The van der Waals surface area contributed by atoms with Gasteiger partial charge in [0.1, 0.15) is 0 Å². The summed E-state index contributed by atoms with van der Waals surface area (Å²) >= 11 is 0. The molecule has 2 N–H and O–H groups in total. The van der Waals surface area contributed by atoms with Crippen molar-refractivity contribution in [3.05, 3.63) is 35.4 Å². The highest BCUT2D eigenvalue weighted by Gasteiger charge is 2.50. The molecule has 4 nitrogen and oxygen atoms in total. The predicted molar refractivity (Wildman–Crippen MR) is 71.6 cm³/mol. The summed E-state index contributed by atoms with van der Waals surface area (Å²) in [5.74, 6) is -2.87. The van der Waals surface area contributed by atoms with Gasteiger partial charge >= 0.3 is 5.97 Å². The van der Waals surface area contributed by atoms with Crippen LogP contribution in [0.15, 0.2) is 18.2 Å². The summed E-state index contributed by atoms with van der Waals surface area (Å²) in [5, 5.41) is 11.6. The molecule has 0 saturated heterocycles. The first-order chi connectivity index (χ1) is 9.93. The molecular weight excluding hydrogens is 280 g/mol. The normalized spacial score (nSPS) is 15.5. The van der Waals surface area contributed by atoms with Gasteiger partial charge < -0.3 is 10.4 Å². The smallest absolute Gasteiger partial charge is 0.311 e. The van der Waals surface area contributed by atoms with Crippen LogP contribution in [0.25, 0.3) is 0 Å². The summed E-state index contributed by atoms with van der Waals surface area (Å²) in [6.07, 6.45) is 2.38. The van der Waals surface area contributed by atoms with Crippen LogP contribution in [0.3, 0.4) is 0 Å². The summed E-state index contributed by atoms with van der Waals surface area (Å²) in [6, 6.07) is 3.67. The second-order valence-electron chi connectivity index (χ2n) is 5.46. The lowest BCUT2D eigenvalue weighted by atomic mass is 10.1. The van der Waals surface area contributed by atoms with E-state index in [0.717, 1.165) is 12.1 Å². The molecule has 1 aromatic carbocycles. The third-order valence-corrected chi connectivity index (χ3v) is 3.78. The number of aliphatic carboxylic acids is 1. The number of hydrogen-bond acceptors (Lipinski definition) is 2. The number of amides is 1. The zero-order chi connectivity index (χ0) is 15.5. The van der Waals surface area contributed by atoms with Gasteiger partial charge in [-0.3, -0.25) is 9.59 Å². The van der Waals surface area contributed by atoms with Crippen molar-refractivity contribution in [2.45, 2.75) is 32.1 Å². The first kappa shape index (κ1) is 15.4. The molecule has 6 heteroatoms. The molecule has 21 heavy (non-hydrogen) atoms. The molecular formula is C15H17F2NO3. The summed E-state index contributed by atoms with van der Waals surface area (Å²) in [4.78, 5) is 22.6. The number of halogens is 2. The summed E-state index contributed by atoms with van der Waals surface area (Å²) in [5.41, 5.74) is -0.138. The van der Waals surface area contributed by atoms with E-state index in [-0.39, 0.29) is 18.9 Å². The lowest BCUT2D eigenvalue weighted by molar-refractivity contribution is -0.143. The fourth-order valence-electron chi connectivity index (χ4n) is 2.12. The third kappa shape index (κ3) is 4.00. The Morgan fingerprint density at radius 3 is 2.52 bits per heavy atom. The van der Waals surface area contributed by atoms with Gasteiger partial charge in [-0.2, -0.15) is 0 Å². The van der Waals surface area contributed by atoms with Crippen molar-refractivity contribution >= 4 is 11.9 Å². The molecule has 0 aromatic heterocycles. The Bertz CT molecular complexity index is 556. The van der Waals surface area contributed by atoms with Gasteiger partial charge in [-0.1, -0.05) is 6.07 Å². The highest BCUT2D eigenvalue weighted by atomic mass is 19.2. The van der Waals surface area contributed by atoms with E-state index in [2.05, 4.69) is 5.32 Å². The molecule has 0 heterocycles. The van der Waals surface area contributed by atoms with E-state index in [9.17, 15) is 18.4 Å². The highest BCUT2D eigenvalue weighted by molar-refractivity contribution is 5.80. The van der Waals surface area contributed by atoms with Gasteiger partial charge in [0.15, 0.2) is 11.6 Å². The van der Waals surface area contributed by atoms with E-state index >= 15 is 0 Å². The van der Waals surface area contributed by atoms with E-state index in [1.807, 2.05) is 0 Å². The number of carbonyl (C=O) groups is 2. The molecule has 114 valence electrons. The maximum atomic E-state index is 13.0. The van der Waals surface area contributed by atoms with Crippen LogP contribution < -0.4 is 5.32 Å². The molecule has 0 radical (unpaired) electrons. The van der Waals surface area contributed by atoms with Crippen molar-refractivity contribution in [2.75, 3.05) is 6.54 Å². The Balaban J connectivity index is 1.69. The first-order valence-corrected chi connectivity index (χ1v) is 6.87. The van der Waals surface area contributed by atoms with Crippen LogP contribution in [0.5, 0.6) is 0 Å². The summed E-state index contributed by atoms with van der Waals surface area (Å²) in [6.45, 7) is 0.159. The number of aryl methyl sites for hydroxylation is 1. The monoisotopic (exact) mass is 297 g/mol. The molecule has 1 aromatic rings. The fourth-order valence-corrected chi connectivity index (χ4v) is 2.12. The number of carbonyl (C=O) groups excluding carboxylic acids is 1. The Morgan fingerprint density at radius 2 is 1.95 bits per heavy atom. The van der Waals surface area contributed by atoms with E-state index in [1.54, 1.807) is 0 Å². The Kier molecular flexibility index (Phi) is 4.55. The molecule has 1 saturated carbocycles. The topological polar surface area (TPSA) is 66.4 Å². The predicted octanol–water partition coefficient (Wildman–Crippen LogP) is 2.27. The zero-order valence-corrected chi connectivity index (χ0v) is 11.5. The standard InChI is InChI=1S/C15H17F2NO3/c16-11-5-4-10(8-12(11)17)2-1-3-13(19)18-9-15(6-7-15)14(20)21/h4-5,8H,1-3,6-7,9H2,(H,18,19)(H,20,21). The van der Waals surface area contributed by atoms with Crippen LogP contribution in [-0.2, 0) is 16.0 Å². The molecule has 0 aliphatic heterocycles. The van der Waals surface area contributed by atoms with Crippen molar-refractivity contribution in [3.8, 4) is 0 Å². The van der Waals surface area contributed by atoms with Crippen molar-refractivity contribution in [2.24, 2.45) is 5.41 Å². The third-order valence-electron chi connectivity index (χ3n) is 3.78. The van der Waals surface area contributed by atoms with Crippen LogP contribution >= 0.6 is 0 Å². The van der Waals surface area contributed by atoms with Gasteiger partial charge in [0.25, 0.3) is 0 Å². The van der Waals surface area contributed by atoms with E-state index < -0.39 is 23.0 Å². The molecule has 1 amide bonds. The zero-order valence-electron chi connectivity index (χ0n) is 11.5. The number of rotatable bonds is 7. The fraction of sp³-hybridized carbons (Fsp3) is 0.467. The minimum atomic E-state index is -0.894. The minimum absolute atomic E-state index is 0.159. The van der Waals surface area contributed by atoms with Gasteiger partial charge in [0.2, 0.25) is 5.91 Å². The molecule has 2 rings (SSSR count). The van der Waals surface area contributed by atoms with Gasteiger partial charge in [-0.05, 0) is 43.4 Å². The second kappa shape index (κ2) is 6.20. The van der Waals surface area contributed by atoms with Gasteiger partial charge in [-0.15, -0.1) is 0 Å². The molecule has 0 atom stereocenters. The molecule has 1 aliphatic carbocycles. The number of carboxylic acids is 1. The van der Waals surface area contributed by atoms with Crippen molar-refractivity contribution in [3.63, 3.8) is 0 Å². The second-order valence-corrected chi connectivity index (χ2v) is 5.46. The Morgan fingerprint density at radius 1 is 1.24 bits per heavy atom. The van der Waals surface area contributed by atoms with Crippen LogP contribution in [0.2, 0.25) is 0 Å². The molecule has 0 spiro atoms. The molecule has 0 bridgehead atoms. The quantitative estimate of drug-likeness (QED) is 0.811. The number of nitrogens with one attached hydrogen (secondary N) is 1. The van der Waals surface area contributed by atoms with Crippen molar-refractivity contribution in [1.29, 1.82) is 0 Å². The maximum absolute atomic E-state index is 13.0. The molecule has 1 fully saturated rings. The first-order valence-electron chi connectivity index (χ1n) is 6.87. The lowest BCUT2D eigenvalue weighted by Gasteiger charge is -2.11. The highest BCUT2D eigenvalue weighted by Crippen LogP contribution is 2.45. The van der Waals surface area contributed by atoms with Gasteiger partial charge in [0.05, 0.1) is 5.41 Å². The average molecular weight is 297 g/mol. The van der Waals surface area contributed by atoms with E-state index in [1.165, 1.54) is 6.07 Å². The van der Waals surface area contributed by atoms with Crippen LogP contribution in [-0.4, -0.2) is 23.5 Å². The Hall–Kier alpha value is -1.98. The van der Waals surface area contributed by atoms with Gasteiger partial charge in [0, 0.05) is 13.0 Å². The average Bonchev–Trinajstić information content (AvgIpc) is 3.22. The molecule has 1 aliphatic rings. The lowest BCUT2D eigenvalue weighted by Crippen LogP contribution is -2.34. The number of hydrogen-bond donors (Lipinski definition) is 2. The van der Waals surface area contributed by atoms with E-state index in [0.29, 0.717) is 31.2 Å². The SMILES string of the molecule is O=C(CCCc1ccc(F)c(F)c1)NCC1(C(=O)O)CC1. The summed E-state index contributed by atoms with van der Waals surface area (Å²) in [7, 11) is 0. The van der Waals surface area contributed by atoms with Crippen LogP contribution in [0.1, 0.15) is 31.2 Å². The van der Waals surface area contributed by atoms with Crippen LogP contribution in [0.4, 0.5) is 8.78 Å². The number of benzene rings is 1. The number of carboxylic acid groups (broad SMARTS) is 1. The van der Waals surface area contributed by atoms with E-state index in [4.69, 9.17) is 5.11 Å². The van der Waals surface area contributed by atoms with Crippen LogP contribution in [0, 0.1) is 17.0 Å². The molecule has 0 unspecified atom stereocenters. The minimum Gasteiger partial charge on any atom is -0.481 e. The summed E-state index contributed by atoms with van der Waals surface area (Å²) < 4.78 is 25.7.